The van der Waals surface area contributed by atoms with Gasteiger partial charge in [0.25, 0.3) is 5.91 Å². The van der Waals surface area contributed by atoms with Gasteiger partial charge in [0.1, 0.15) is 5.75 Å². The smallest absolute Gasteiger partial charge is 0.251 e. The van der Waals surface area contributed by atoms with E-state index in [2.05, 4.69) is 28.3 Å². The summed E-state index contributed by atoms with van der Waals surface area (Å²) >= 11 is 0. The number of aromatic nitrogens is 1. The third-order valence-electron chi connectivity index (χ3n) is 6.40. The van der Waals surface area contributed by atoms with Crippen LogP contribution in [-0.4, -0.2) is 47.1 Å². The number of hydrogen-bond acceptors (Lipinski definition) is 4. The molecule has 1 amide bonds. The average Bonchev–Trinajstić information content (AvgIpc) is 2.83. The van der Waals surface area contributed by atoms with E-state index in [1.54, 1.807) is 18.5 Å². The molecule has 2 N–H and O–H groups in total. The van der Waals surface area contributed by atoms with E-state index in [9.17, 15) is 9.90 Å². The van der Waals surface area contributed by atoms with E-state index in [0.717, 1.165) is 49.8 Å². The van der Waals surface area contributed by atoms with Gasteiger partial charge in [0.05, 0.1) is 0 Å². The van der Waals surface area contributed by atoms with E-state index in [4.69, 9.17) is 0 Å². The molecule has 32 heavy (non-hydrogen) atoms. The maximum absolute atomic E-state index is 12.4. The zero-order chi connectivity index (χ0) is 22.3. The predicted molar refractivity (Wildman–Crippen MR) is 128 cm³/mol. The number of benzene rings is 2. The van der Waals surface area contributed by atoms with Crippen molar-refractivity contribution in [2.24, 2.45) is 0 Å². The van der Waals surface area contributed by atoms with Crippen molar-refractivity contribution < 1.29 is 9.90 Å². The van der Waals surface area contributed by atoms with Crippen molar-refractivity contribution in [3.63, 3.8) is 0 Å². The molecule has 0 unspecified atom stereocenters. The van der Waals surface area contributed by atoms with E-state index in [-0.39, 0.29) is 5.91 Å². The highest BCUT2D eigenvalue weighted by atomic mass is 16.3. The van der Waals surface area contributed by atoms with Crippen molar-refractivity contribution in [1.29, 1.82) is 0 Å². The van der Waals surface area contributed by atoms with Crippen LogP contribution in [-0.2, 0) is 12.8 Å². The zero-order valence-electron chi connectivity index (χ0n) is 18.6. The Kier molecular flexibility index (Phi) is 7.17. The van der Waals surface area contributed by atoms with Crippen LogP contribution in [0.3, 0.4) is 0 Å². The van der Waals surface area contributed by atoms with Crippen LogP contribution in [0.25, 0.3) is 11.1 Å². The Hall–Kier alpha value is -3.18. The van der Waals surface area contributed by atoms with Gasteiger partial charge in [-0.1, -0.05) is 18.2 Å². The second-order valence-electron chi connectivity index (χ2n) is 8.61. The van der Waals surface area contributed by atoms with Crippen LogP contribution in [0.2, 0.25) is 0 Å². The number of fused-ring (bicyclic) bond motifs is 1. The lowest BCUT2D eigenvalue weighted by Gasteiger charge is -2.32. The number of carbonyl (C=O) groups excluding carboxylic acids is 1. The summed E-state index contributed by atoms with van der Waals surface area (Å²) in [5.41, 5.74) is 5.49. The van der Waals surface area contributed by atoms with Crippen molar-refractivity contribution in [1.82, 2.24) is 15.2 Å². The van der Waals surface area contributed by atoms with Gasteiger partial charge in [0.15, 0.2) is 0 Å². The fourth-order valence-electron chi connectivity index (χ4n) is 4.43. The SMILES string of the molecule is CN(CCCCNC(=O)c1ccc(-c2ccncc2)cc1)[C@@H]1CCc2ccc(O)cc2C1. The molecule has 0 spiro atoms. The lowest BCUT2D eigenvalue weighted by molar-refractivity contribution is 0.0952. The van der Waals surface area contributed by atoms with Crippen molar-refractivity contribution >= 4 is 5.91 Å². The second-order valence-corrected chi connectivity index (χ2v) is 8.61. The van der Waals surface area contributed by atoms with Gasteiger partial charge >= 0.3 is 0 Å². The molecule has 0 aliphatic heterocycles. The number of phenolic OH excluding ortho intramolecular Hbond substituents is 1. The van der Waals surface area contributed by atoms with Crippen LogP contribution in [0.4, 0.5) is 0 Å². The molecule has 0 saturated carbocycles. The molecule has 3 aromatic rings. The number of amides is 1. The zero-order valence-corrected chi connectivity index (χ0v) is 18.6. The normalized spacial score (nSPS) is 15.4. The third-order valence-corrected chi connectivity index (χ3v) is 6.40. The van der Waals surface area contributed by atoms with Gasteiger partial charge < -0.3 is 15.3 Å². The Morgan fingerprint density at radius 1 is 1.03 bits per heavy atom. The molecular formula is C27H31N3O2. The topological polar surface area (TPSA) is 65.5 Å². The highest BCUT2D eigenvalue weighted by Crippen LogP contribution is 2.27. The summed E-state index contributed by atoms with van der Waals surface area (Å²) in [5.74, 6) is 0.332. The first kappa shape index (κ1) is 22.0. The number of rotatable bonds is 8. The number of nitrogens with one attached hydrogen (secondary N) is 1. The van der Waals surface area contributed by atoms with Crippen molar-refractivity contribution in [3.05, 3.63) is 83.7 Å². The second kappa shape index (κ2) is 10.4. The number of pyridine rings is 1. The Balaban J connectivity index is 1.17. The molecule has 166 valence electrons. The first-order chi connectivity index (χ1) is 15.6. The average molecular weight is 430 g/mol. The highest BCUT2D eigenvalue weighted by Gasteiger charge is 2.22. The van der Waals surface area contributed by atoms with Crippen molar-refractivity contribution in [3.8, 4) is 16.9 Å². The van der Waals surface area contributed by atoms with E-state index in [0.29, 0.717) is 23.9 Å². The number of unbranched alkanes of at least 4 members (excludes halogenated alkanes) is 1. The Labute approximate surface area is 190 Å². The summed E-state index contributed by atoms with van der Waals surface area (Å²) < 4.78 is 0. The molecule has 1 heterocycles. The number of carbonyl (C=O) groups is 1. The number of aryl methyl sites for hydroxylation is 1. The summed E-state index contributed by atoms with van der Waals surface area (Å²) in [6.45, 7) is 1.69. The molecule has 5 heteroatoms. The van der Waals surface area contributed by atoms with Crippen LogP contribution in [0, 0.1) is 0 Å². The van der Waals surface area contributed by atoms with Crippen LogP contribution in [0.5, 0.6) is 5.75 Å². The summed E-state index contributed by atoms with van der Waals surface area (Å²) in [5, 5.41) is 12.8. The maximum Gasteiger partial charge on any atom is 0.251 e. The van der Waals surface area contributed by atoms with Crippen molar-refractivity contribution in [2.75, 3.05) is 20.1 Å². The lowest BCUT2D eigenvalue weighted by atomic mass is 9.87. The fourth-order valence-corrected chi connectivity index (χ4v) is 4.43. The molecule has 4 rings (SSSR count). The fraction of sp³-hybridized carbons (Fsp3) is 0.333. The number of likely N-dealkylation sites (N-methyl/N-ethyl adjacent to an activating group) is 1. The summed E-state index contributed by atoms with van der Waals surface area (Å²) in [4.78, 5) is 18.9. The van der Waals surface area contributed by atoms with Crippen LogP contribution in [0.1, 0.15) is 40.7 Å². The van der Waals surface area contributed by atoms with Crippen molar-refractivity contribution in [2.45, 2.75) is 38.1 Å². The molecule has 1 aliphatic rings. The van der Waals surface area contributed by atoms with E-state index in [1.165, 1.54) is 11.1 Å². The summed E-state index contributed by atoms with van der Waals surface area (Å²) in [6.07, 6.45) is 8.75. The standard InChI is InChI=1S/C27H31N3O2/c1-30(25-10-8-21-9-11-26(31)19-24(21)18-25)17-3-2-14-29-27(32)23-6-4-20(5-7-23)22-12-15-28-16-13-22/h4-7,9,11-13,15-16,19,25,31H,2-3,8,10,14,17-18H2,1H3,(H,29,32)/t25-/m1/s1. The molecule has 0 saturated heterocycles. The molecule has 0 fully saturated rings. The molecule has 0 bridgehead atoms. The van der Waals surface area contributed by atoms with Gasteiger partial charge in [-0.3, -0.25) is 9.78 Å². The first-order valence-corrected chi connectivity index (χ1v) is 11.4. The van der Waals surface area contributed by atoms with E-state index >= 15 is 0 Å². The number of aromatic hydroxyl groups is 1. The Bertz CT molecular complexity index is 1030. The van der Waals surface area contributed by atoms with Gasteiger partial charge in [-0.05, 0) is 104 Å². The van der Waals surface area contributed by atoms with Gasteiger partial charge in [0, 0.05) is 30.5 Å². The Morgan fingerprint density at radius 3 is 2.56 bits per heavy atom. The summed E-state index contributed by atoms with van der Waals surface area (Å²) in [6, 6.07) is 17.9. The minimum absolute atomic E-state index is 0.0247. The molecule has 1 atom stereocenters. The Morgan fingerprint density at radius 2 is 1.78 bits per heavy atom. The molecule has 0 radical (unpaired) electrons. The van der Waals surface area contributed by atoms with Crippen LogP contribution >= 0.6 is 0 Å². The van der Waals surface area contributed by atoms with Gasteiger partial charge in [0.2, 0.25) is 0 Å². The van der Waals surface area contributed by atoms with Gasteiger partial charge in [-0.25, -0.2) is 0 Å². The van der Waals surface area contributed by atoms with Gasteiger partial charge in [-0.15, -0.1) is 0 Å². The first-order valence-electron chi connectivity index (χ1n) is 11.4. The molecule has 5 nitrogen and oxygen atoms in total. The minimum Gasteiger partial charge on any atom is -0.508 e. The largest absolute Gasteiger partial charge is 0.508 e. The number of phenols is 1. The molecule has 1 aromatic heterocycles. The van der Waals surface area contributed by atoms with Gasteiger partial charge in [-0.2, -0.15) is 0 Å². The molecular weight excluding hydrogens is 398 g/mol. The quantitative estimate of drug-likeness (QED) is 0.519. The molecule has 2 aromatic carbocycles. The van der Waals surface area contributed by atoms with Crippen LogP contribution in [0.15, 0.2) is 67.0 Å². The van der Waals surface area contributed by atoms with E-state index < -0.39 is 0 Å². The monoisotopic (exact) mass is 429 g/mol. The third kappa shape index (κ3) is 5.54. The predicted octanol–water partition coefficient (Wildman–Crippen LogP) is 4.45. The number of nitrogens with zero attached hydrogens (tertiary/aromatic N) is 2. The molecule has 1 aliphatic carbocycles. The van der Waals surface area contributed by atoms with E-state index in [1.807, 2.05) is 42.5 Å². The lowest BCUT2D eigenvalue weighted by Crippen LogP contribution is -2.37. The van der Waals surface area contributed by atoms with Crippen LogP contribution < -0.4 is 5.32 Å². The maximum atomic E-state index is 12.4. The number of hydrogen-bond donors (Lipinski definition) is 2. The summed E-state index contributed by atoms with van der Waals surface area (Å²) in [7, 11) is 2.18. The minimum atomic E-state index is -0.0247. The highest BCUT2D eigenvalue weighted by molar-refractivity contribution is 5.94.